The van der Waals surface area contributed by atoms with E-state index >= 15 is 0 Å². The number of furan rings is 2. The first-order valence-electron chi connectivity index (χ1n) is 7.32. The Morgan fingerprint density at radius 3 is 2.92 bits per heavy atom. The van der Waals surface area contributed by atoms with Gasteiger partial charge in [-0.15, -0.1) is 10.2 Å². The van der Waals surface area contributed by atoms with E-state index in [4.69, 9.17) is 8.83 Å². The molecule has 4 aromatic rings. The zero-order valence-corrected chi connectivity index (χ0v) is 13.6. The summed E-state index contributed by atoms with van der Waals surface area (Å²) in [5, 5.41) is 9.70. The van der Waals surface area contributed by atoms with E-state index in [9.17, 15) is 4.79 Å². The Hall–Kier alpha value is -2.80. The van der Waals surface area contributed by atoms with E-state index in [1.807, 2.05) is 36.4 Å². The number of nitrogens with zero attached hydrogens (tertiary/aromatic N) is 2. The van der Waals surface area contributed by atoms with Crippen molar-refractivity contribution in [2.24, 2.45) is 0 Å². The van der Waals surface area contributed by atoms with Gasteiger partial charge >= 0.3 is 0 Å². The van der Waals surface area contributed by atoms with Gasteiger partial charge in [0.1, 0.15) is 17.1 Å². The fourth-order valence-electron chi connectivity index (χ4n) is 2.33. The first kappa shape index (κ1) is 14.8. The van der Waals surface area contributed by atoms with E-state index in [-0.39, 0.29) is 5.78 Å². The second-order valence-corrected chi connectivity index (χ2v) is 6.27. The van der Waals surface area contributed by atoms with Crippen LogP contribution in [0.4, 0.5) is 0 Å². The molecule has 7 heteroatoms. The molecule has 0 atom stereocenters. The van der Waals surface area contributed by atoms with Crippen LogP contribution in [0.15, 0.2) is 56.7 Å². The van der Waals surface area contributed by atoms with Crippen molar-refractivity contribution in [1.82, 2.24) is 15.2 Å². The highest BCUT2D eigenvalue weighted by molar-refractivity contribution is 7.99. The van der Waals surface area contributed by atoms with E-state index in [0.29, 0.717) is 22.5 Å². The lowest BCUT2D eigenvalue weighted by atomic mass is 10.1. The summed E-state index contributed by atoms with van der Waals surface area (Å²) in [7, 11) is 0. The first-order valence-corrected chi connectivity index (χ1v) is 8.30. The molecular weight excluding hydrogens is 326 g/mol. The largest absolute Gasteiger partial charge is 0.464 e. The molecule has 6 nitrogen and oxygen atoms in total. The maximum atomic E-state index is 11.0. The minimum Gasteiger partial charge on any atom is -0.464 e. The summed E-state index contributed by atoms with van der Waals surface area (Å²) >= 11 is 1.32. The fourth-order valence-corrected chi connectivity index (χ4v) is 2.94. The summed E-state index contributed by atoms with van der Waals surface area (Å²) < 4.78 is 11.2. The molecule has 24 heavy (non-hydrogen) atoms. The molecule has 1 aromatic carbocycles. The van der Waals surface area contributed by atoms with Crippen molar-refractivity contribution >= 4 is 28.5 Å². The Bertz CT molecular complexity index is 1010. The molecule has 0 spiro atoms. The Balaban J connectivity index is 1.59. The molecule has 0 fully saturated rings. The maximum Gasteiger partial charge on any atom is 0.197 e. The number of ketones is 1. The molecule has 0 saturated carbocycles. The molecule has 0 aliphatic rings. The van der Waals surface area contributed by atoms with Gasteiger partial charge in [-0.2, -0.15) is 0 Å². The van der Waals surface area contributed by atoms with Crippen LogP contribution in [0.2, 0.25) is 0 Å². The molecule has 0 aliphatic heterocycles. The van der Waals surface area contributed by atoms with Crippen molar-refractivity contribution in [3.05, 3.63) is 42.7 Å². The number of aromatic amines is 1. The molecule has 1 N–H and O–H groups in total. The van der Waals surface area contributed by atoms with Crippen molar-refractivity contribution in [2.75, 3.05) is 5.75 Å². The van der Waals surface area contributed by atoms with Crippen LogP contribution in [0.5, 0.6) is 0 Å². The Kier molecular flexibility index (Phi) is 3.70. The Morgan fingerprint density at radius 2 is 2.04 bits per heavy atom. The predicted molar refractivity (Wildman–Crippen MR) is 90.7 cm³/mol. The molecule has 0 radical (unpaired) electrons. The highest BCUT2D eigenvalue weighted by Crippen LogP contribution is 2.30. The van der Waals surface area contributed by atoms with Crippen molar-refractivity contribution < 1.29 is 13.6 Å². The summed E-state index contributed by atoms with van der Waals surface area (Å²) in [5.41, 5.74) is 1.80. The quantitative estimate of drug-likeness (QED) is 0.550. The number of hydrogen-bond donors (Lipinski definition) is 1. The monoisotopic (exact) mass is 339 g/mol. The van der Waals surface area contributed by atoms with E-state index in [2.05, 4.69) is 15.2 Å². The van der Waals surface area contributed by atoms with Gasteiger partial charge in [0.05, 0.1) is 12.0 Å². The lowest BCUT2D eigenvalue weighted by molar-refractivity contribution is -0.114. The lowest BCUT2D eigenvalue weighted by Gasteiger charge is -1.97. The number of thioether (sulfide) groups is 1. The number of fused-ring (bicyclic) bond motifs is 1. The highest BCUT2D eigenvalue weighted by atomic mass is 32.2. The molecule has 3 heterocycles. The average molecular weight is 339 g/mol. The maximum absolute atomic E-state index is 11.0. The van der Waals surface area contributed by atoms with Crippen LogP contribution in [0.3, 0.4) is 0 Å². The Morgan fingerprint density at radius 1 is 1.17 bits per heavy atom. The van der Waals surface area contributed by atoms with E-state index in [0.717, 1.165) is 22.3 Å². The third-order valence-corrected chi connectivity index (χ3v) is 4.46. The summed E-state index contributed by atoms with van der Waals surface area (Å²) in [6, 6.07) is 11.5. The second-order valence-electron chi connectivity index (χ2n) is 5.31. The van der Waals surface area contributed by atoms with Gasteiger partial charge in [-0.1, -0.05) is 11.8 Å². The van der Waals surface area contributed by atoms with Crippen molar-refractivity contribution in [3.63, 3.8) is 0 Å². The molecular formula is C17H13N3O3S. The molecule has 0 bridgehead atoms. The van der Waals surface area contributed by atoms with Crippen LogP contribution >= 0.6 is 11.8 Å². The molecule has 3 aromatic heterocycles. The van der Waals surface area contributed by atoms with Crippen LogP contribution in [0, 0.1) is 0 Å². The number of rotatable bonds is 5. The smallest absolute Gasteiger partial charge is 0.197 e. The number of H-pyrrole nitrogens is 1. The van der Waals surface area contributed by atoms with Gasteiger partial charge in [0.2, 0.25) is 0 Å². The van der Waals surface area contributed by atoms with Gasteiger partial charge in [-0.25, -0.2) is 0 Å². The van der Waals surface area contributed by atoms with Crippen LogP contribution in [-0.2, 0) is 4.79 Å². The van der Waals surface area contributed by atoms with Crippen molar-refractivity contribution in [1.29, 1.82) is 0 Å². The number of carbonyl (C=O) groups is 1. The van der Waals surface area contributed by atoms with Crippen LogP contribution in [-0.4, -0.2) is 26.7 Å². The molecule has 0 aliphatic carbocycles. The number of nitrogens with one attached hydrogen (secondary N) is 1. The Labute approximate surface area is 141 Å². The number of benzene rings is 1. The zero-order valence-electron chi connectivity index (χ0n) is 12.8. The summed E-state index contributed by atoms with van der Waals surface area (Å²) in [5.74, 6) is 2.33. The standard InChI is InChI=1S/C17H13N3O3S/c1-10(21)9-24-17-18-16(19-20-17)15-5-4-14(23-15)11-2-3-13-12(8-11)6-7-22-13/h2-8H,9H2,1H3,(H,18,19,20). The van der Waals surface area contributed by atoms with Gasteiger partial charge in [0.25, 0.3) is 0 Å². The molecule has 0 amide bonds. The molecule has 4 rings (SSSR count). The SMILES string of the molecule is CC(=O)CSc1nnc(-c2ccc(-c3ccc4occc4c3)o2)[nH]1. The van der Waals surface area contributed by atoms with Crippen molar-refractivity contribution in [3.8, 4) is 22.9 Å². The number of hydrogen-bond acceptors (Lipinski definition) is 6. The van der Waals surface area contributed by atoms with Gasteiger partial charge in [-0.3, -0.25) is 4.79 Å². The minimum absolute atomic E-state index is 0.0906. The normalized spacial score (nSPS) is 11.2. The van der Waals surface area contributed by atoms with E-state index < -0.39 is 0 Å². The second kappa shape index (κ2) is 6.01. The molecule has 0 saturated heterocycles. The van der Waals surface area contributed by atoms with Gasteiger partial charge in [0.15, 0.2) is 16.7 Å². The topological polar surface area (TPSA) is 84.9 Å². The van der Waals surface area contributed by atoms with Crippen LogP contribution < -0.4 is 0 Å². The van der Waals surface area contributed by atoms with Gasteiger partial charge in [0, 0.05) is 10.9 Å². The first-order chi connectivity index (χ1) is 11.7. The van der Waals surface area contributed by atoms with Gasteiger partial charge in [-0.05, 0) is 43.3 Å². The summed E-state index contributed by atoms with van der Waals surface area (Å²) in [6.45, 7) is 1.54. The lowest BCUT2D eigenvalue weighted by Crippen LogP contribution is -1.93. The van der Waals surface area contributed by atoms with Crippen LogP contribution in [0.1, 0.15) is 6.92 Å². The van der Waals surface area contributed by atoms with E-state index in [1.54, 1.807) is 13.2 Å². The predicted octanol–water partition coefficient (Wildman–Crippen LogP) is 4.16. The average Bonchev–Trinajstić information content (AvgIpc) is 3.30. The fraction of sp³-hybridized carbons (Fsp3) is 0.118. The van der Waals surface area contributed by atoms with Gasteiger partial charge < -0.3 is 13.8 Å². The third kappa shape index (κ3) is 2.85. The summed E-state index contributed by atoms with van der Waals surface area (Å²) in [6.07, 6.45) is 1.66. The highest BCUT2D eigenvalue weighted by Gasteiger charge is 2.12. The zero-order chi connectivity index (χ0) is 16.5. The third-order valence-electron chi connectivity index (χ3n) is 3.45. The van der Waals surface area contributed by atoms with Crippen molar-refractivity contribution in [2.45, 2.75) is 12.1 Å². The van der Waals surface area contributed by atoms with E-state index in [1.165, 1.54) is 11.8 Å². The number of carbonyl (C=O) groups excluding carboxylic acids is 1. The number of aromatic nitrogens is 3. The van der Waals surface area contributed by atoms with Crippen LogP contribution in [0.25, 0.3) is 33.9 Å². The number of Topliss-reactive ketones (excluding diaryl/α,β-unsaturated/α-hetero) is 1. The minimum atomic E-state index is 0.0906. The molecule has 120 valence electrons. The molecule has 0 unspecified atom stereocenters. The summed E-state index contributed by atoms with van der Waals surface area (Å²) in [4.78, 5) is 14.1.